The van der Waals surface area contributed by atoms with Gasteiger partial charge in [0.05, 0.1) is 6.10 Å². The van der Waals surface area contributed by atoms with E-state index in [1.54, 1.807) is 6.92 Å². The average molecular weight is 232 g/mol. The Morgan fingerprint density at radius 3 is 2.31 bits per heavy atom. The molecule has 0 aliphatic heterocycles. The fourth-order valence-corrected chi connectivity index (χ4v) is 1.07. The zero-order valence-corrected chi connectivity index (χ0v) is 10.8. The van der Waals surface area contributed by atoms with Crippen molar-refractivity contribution in [2.45, 2.75) is 52.4 Å². The number of aliphatic hydroxyl groups is 1. The summed E-state index contributed by atoms with van der Waals surface area (Å²) in [5.74, 6) is 0. The minimum absolute atomic E-state index is 0.0337. The molecule has 2 atom stereocenters. The van der Waals surface area contributed by atoms with E-state index in [4.69, 9.17) is 9.84 Å². The van der Waals surface area contributed by atoms with Crippen molar-refractivity contribution >= 4 is 6.09 Å². The summed E-state index contributed by atoms with van der Waals surface area (Å²) in [6.45, 7) is 10.2. The van der Waals surface area contributed by atoms with E-state index in [1.165, 1.54) is 0 Å². The van der Waals surface area contributed by atoms with Crippen LogP contribution < -0.4 is 10.6 Å². The van der Waals surface area contributed by atoms with Crippen LogP contribution in [-0.2, 0) is 4.74 Å². The van der Waals surface area contributed by atoms with E-state index in [2.05, 4.69) is 10.6 Å². The second-order valence-electron chi connectivity index (χ2n) is 5.05. The molecule has 0 spiro atoms. The van der Waals surface area contributed by atoms with Gasteiger partial charge in [0.2, 0.25) is 0 Å². The lowest BCUT2D eigenvalue weighted by atomic mass is 10.2. The normalized spacial score (nSPS) is 15.4. The van der Waals surface area contributed by atoms with Gasteiger partial charge >= 0.3 is 6.09 Å². The fraction of sp³-hybridized carbons (Fsp3) is 0.909. The third kappa shape index (κ3) is 9.73. The molecule has 0 fully saturated rings. The monoisotopic (exact) mass is 232 g/mol. The lowest BCUT2D eigenvalue weighted by molar-refractivity contribution is 0.0508. The van der Waals surface area contributed by atoms with Crippen LogP contribution >= 0.6 is 0 Å². The van der Waals surface area contributed by atoms with Gasteiger partial charge in [0.1, 0.15) is 5.60 Å². The summed E-state index contributed by atoms with van der Waals surface area (Å²) in [5, 5.41) is 14.8. The molecular weight excluding hydrogens is 208 g/mol. The summed E-state index contributed by atoms with van der Waals surface area (Å²) in [7, 11) is 0. The van der Waals surface area contributed by atoms with Gasteiger partial charge in [0.15, 0.2) is 0 Å². The van der Waals surface area contributed by atoms with Crippen LogP contribution in [0.15, 0.2) is 0 Å². The molecule has 0 aromatic rings. The van der Waals surface area contributed by atoms with Gasteiger partial charge in [-0.15, -0.1) is 0 Å². The highest BCUT2D eigenvalue weighted by atomic mass is 16.6. The second-order valence-corrected chi connectivity index (χ2v) is 5.05. The molecule has 0 aromatic carbocycles. The van der Waals surface area contributed by atoms with E-state index in [0.717, 1.165) is 0 Å². The van der Waals surface area contributed by atoms with Crippen molar-refractivity contribution in [1.82, 2.24) is 10.6 Å². The first kappa shape index (κ1) is 15.2. The summed E-state index contributed by atoms with van der Waals surface area (Å²) in [6.07, 6.45) is -0.799. The number of hydrogen-bond acceptors (Lipinski definition) is 4. The summed E-state index contributed by atoms with van der Waals surface area (Å²) in [4.78, 5) is 11.4. The number of carbonyl (C=O) groups excluding carboxylic acids is 1. The Bertz CT molecular complexity index is 212. The standard InChI is InChI=1S/C11H24N2O3/c1-8(6-12-7-9(2)14)13-10(15)16-11(3,4)5/h8-9,12,14H,6-7H2,1-5H3,(H,13,15). The van der Waals surface area contributed by atoms with Gasteiger partial charge < -0.3 is 20.5 Å². The SMILES string of the molecule is CC(O)CNCC(C)NC(=O)OC(C)(C)C. The number of aliphatic hydroxyl groups excluding tert-OH is 1. The Hall–Kier alpha value is -0.810. The van der Waals surface area contributed by atoms with Crippen LogP contribution in [0.1, 0.15) is 34.6 Å². The fourth-order valence-electron chi connectivity index (χ4n) is 1.07. The summed E-state index contributed by atoms with van der Waals surface area (Å²) >= 11 is 0. The Morgan fingerprint density at radius 2 is 1.88 bits per heavy atom. The first-order valence-electron chi connectivity index (χ1n) is 5.59. The van der Waals surface area contributed by atoms with Crippen LogP contribution in [0, 0.1) is 0 Å². The smallest absolute Gasteiger partial charge is 0.407 e. The predicted molar refractivity (Wildman–Crippen MR) is 63.4 cm³/mol. The van der Waals surface area contributed by atoms with Crippen molar-refractivity contribution < 1.29 is 14.6 Å². The van der Waals surface area contributed by atoms with E-state index in [9.17, 15) is 4.79 Å². The number of alkyl carbamates (subject to hydrolysis) is 1. The summed E-state index contributed by atoms with van der Waals surface area (Å²) < 4.78 is 5.11. The van der Waals surface area contributed by atoms with Gasteiger partial charge in [-0.05, 0) is 34.6 Å². The maximum absolute atomic E-state index is 11.4. The average Bonchev–Trinajstić information content (AvgIpc) is 1.98. The molecule has 16 heavy (non-hydrogen) atoms. The Kier molecular flexibility index (Phi) is 6.36. The van der Waals surface area contributed by atoms with Gasteiger partial charge in [-0.1, -0.05) is 0 Å². The highest BCUT2D eigenvalue weighted by Crippen LogP contribution is 2.06. The van der Waals surface area contributed by atoms with Gasteiger partial charge in [0.25, 0.3) is 0 Å². The molecule has 96 valence electrons. The number of ether oxygens (including phenoxy) is 1. The Morgan fingerprint density at radius 1 is 1.31 bits per heavy atom. The molecule has 0 radical (unpaired) electrons. The number of hydrogen-bond donors (Lipinski definition) is 3. The molecule has 1 amide bonds. The van der Waals surface area contributed by atoms with Crippen molar-refractivity contribution in [2.75, 3.05) is 13.1 Å². The molecule has 0 bridgehead atoms. The number of carbonyl (C=O) groups is 1. The van der Waals surface area contributed by atoms with E-state index in [0.29, 0.717) is 13.1 Å². The Labute approximate surface area is 97.6 Å². The van der Waals surface area contributed by atoms with Crippen LogP contribution in [0.5, 0.6) is 0 Å². The van der Waals surface area contributed by atoms with Gasteiger partial charge in [-0.25, -0.2) is 4.79 Å². The van der Waals surface area contributed by atoms with Crippen molar-refractivity contribution in [3.8, 4) is 0 Å². The van der Waals surface area contributed by atoms with Gasteiger partial charge in [-0.3, -0.25) is 0 Å². The van der Waals surface area contributed by atoms with Crippen LogP contribution in [0.4, 0.5) is 4.79 Å². The van der Waals surface area contributed by atoms with Crippen LogP contribution in [0.2, 0.25) is 0 Å². The zero-order chi connectivity index (χ0) is 12.8. The molecule has 0 rings (SSSR count). The minimum Gasteiger partial charge on any atom is -0.444 e. The first-order valence-corrected chi connectivity index (χ1v) is 5.59. The lowest BCUT2D eigenvalue weighted by Gasteiger charge is -2.22. The third-order valence-electron chi connectivity index (χ3n) is 1.65. The van der Waals surface area contributed by atoms with Crippen molar-refractivity contribution in [2.24, 2.45) is 0 Å². The van der Waals surface area contributed by atoms with E-state index >= 15 is 0 Å². The topological polar surface area (TPSA) is 70.6 Å². The van der Waals surface area contributed by atoms with Crippen LogP contribution in [0.25, 0.3) is 0 Å². The largest absolute Gasteiger partial charge is 0.444 e. The van der Waals surface area contributed by atoms with Crippen molar-refractivity contribution in [3.05, 3.63) is 0 Å². The highest BCUT2D eigenvalue weighted by Gasteiger charge is 2.17. The first-order chi connectivity index (χ1) is 7.20. The quantitative estimate of drug-likeness (QED) is 0.658. The molecule has 0 saturated heterocycles. The van der Waals surface area contributed by atoms with E-state index in [1.807, 2.05) is 27.7 Å². The minimum atomic E-state index is -0.475. The van der Waals surface area contributed by atoms with Gasteiger partial charge in [-0.2, -0.15) is 0 Å². The van der Waals surface area contributed by atoms with E-state index < -0.39 is 11.7 Å². The molecule has 5 nitrogen and oxygen atoms in total. The molecule has 0 heterocycles. The maximum atomic E-state index is 11.4. The van der Waals surface area contributed by atoms with Crippen LogP contribution in [-0.4, -0.2) is 42.0 Å². The molecule has 5 heteroatoms. The summed E-state index contributed by atoms with van der Waals surface area (Å²) in [5.41, 5.74) is -0.475. The Balaban J connectivity index is 3.70. The van der Waals surface area contributed by atoms with Crippen LogP contribution in [0.3, 0.4) is 0 Å². The highest BCUT2D eigenvalue weighted by molar-refractivity contribution is 5.68. The molecule has 3 N–H and O–H groups in total. The molecule has 0 aliphatic carbocycles. The lowest BCUT2D eigenvalue weighted by Crippen LogP contribution is -2.43. The molecule has 2 unspecified atom stereocenters. The molecule has 0 saturated carbocycles. The maximum Gasteiger partial charge on any atom is 0.407 e. The van der Waals surface area contributed by atoms with Gasteiger partial charge in [0, 0.05) is 19.1 Å². The molecule has 0 aromatic heterocycles. The summed E-state index contributed by atoms with van der Waals surface area (Å²) in [6, 6.07) is -0.0337. The number of amides is 1. The van der Waals surface area contributed by atoms with Crippen molar-refractivity contribution in [1.29, 1.82) is 0 Å². The number of rotatable bonds is 5. The number of nitrogens with one attached hydrogen (secondary N) is 2. The third-order valence-corrected chi connectivity index (χ3v) is 1.65. The molecular formula is C11H24N2O3. The second kappa shape index (κ2) is 6.70. The van der Waals surface area contributed by atoms with Crippen molar-refractivity contribution in [3.63, 3.8) is 0 Å². The van der Waals surface area contributed by atoms with E-state index in [-0.39, 0.29) is 12.1 Å². The predicted octanol–water partition coefficient (Wildman–Crippen LogP) is 0.870. The molecule has 0 aliphatic rings. The zero-order valence-electron chi connectivity index (χ0n) is 10.8.